The minimum absolute atomic E-state index is 0.165. The summed E-state index contributed by atoms with van der Waals surface area (Å²) in [5.74, 6) is 0.210. The SMILES string of the molecule is Cc1cc(Nc2nccc(C(F)(F)F)n2)cc(-c2cnc(N(C)CC(O)CO)nc2)c1. The minimum Gasteiger partial charge on any atom is -0.394 e. The molecule has 3 aromatic rings. The maximum atomic E-state index is 12.9. The van der Waals surface area contributed by atoms with Crippen LogP contribution in [0.5, 0.6) is 0 Å². The van der Waals surface area contributed by atoms with E-state index < -0.39 is 18.0 Å². The molecule has 0 aliphatic carbocycles. The van der Waals surface area contributed by atoms with Crippen molar-refractivity contribution in [2.45, 2.75) is 19.2 Å². The zero-order valence-electron chi connectivity index (χ0n) is 16.8. The molecule has 11 heteroatoms. The summed E-state index contributed by atoms with van der Waals surface area (Å²) in [4.78, 5) is 17.5. The number of aliphatic hydroxyl groups is 2. The fourth-order valence-corrected chi connectivity index (χ4v) is 2.85. The molecule has 0 fully saturated rings. The summed E-state index contributed by atoms with van der Waals surface area (Å²) < 4.78 is 38.6. The zero-order valence-corrected chi connectivity index (χ0v) is 16.8. The molecule has 0 aliphatic heterocycles. The van der Waals surface area contributed by atoms with Crippen molar-refractivity contribution in [3.8, 4) is 11.1 Å². The number of alkyl halides is 3. The number of aliphatic hydroxyl groups excluding tert-OH is 2. The van der Waals surface area contributed by atoms with Crippen LogP contribution in [0.15, 0.2) is 42.9 Å². The van der Waals surface area contributed by atoms with Crippen LogP contribution in [-0.4, -0.2) is 56.5 Å². The number of nitrogens with one attached hydrogen (secondary N) is 1. The number of halogens is 3. The van der Waals surface area contributed by atoms with Gasteiger partial charge in [0.05, 0.1) is 12.7 Å². The molecule has 1 aromatic carbocycles. The molecule has 0 saturated heterocycles. The molecule has 3 N–H and O–H groups in total. The van der Waals surface area contributed by atoms with Gasteiger partial charge in [0.25, 0.3) is 0 Å². The molecule has 2 aromatic heterocycles. The molecule has 8 nitrogen and oxygen atoms in total. The number of aryl methyl sites for hydroxylation is 1. The molecule has 0 saturated carbocycles. The van der Waals surface area contributed by atoms with Crippen LogP contribution in [0.3, 0.4) is 0 Å². The molecule has 3 rings (SSSR count). The third-order valence-electron chi connectivity index (χ3n) is 4.29. The molecule has 31 heavy (non-hydrogen) atoms. The molecule has 0 amide bonds. The van der Waals surface area contributed by atoms with Gasteiger partial charge < -0.3 is 20.4 Å². The predicted octanol–water partition coefficient (Wildman–Crippen LogP) is 2.79. The summed E-state index contributed by atoms with van der Waals surface area (Å²) in [6, 6.07) is 6.18. The van der Waals surface area contributed by atoms with Crippen molar-refractivity contribution in [2.75, 3.05) is 30.4 Å². The lowest BCUT2D eigenvalue weighted by molar-refractivity contribution is -0.141. The van der Waals surface area contributed by atoms with Gasteiger partial charge in [-0.1, -0.05) is 6.07 Å². The average molecular weight is 434 g/mol. The Kier molecular flexibility index (Phi) is 6.66. The zero-order chi connectivity index (χ0) is 22.6. The molecule has 1 unspecified atom stereocenters. The van der Waals surface area contributed by atoms with Crippen LogP contribution >= 0.6 is 0 Å². The topological polar surface area (TPSA) is 107 Å². The van der Waals surface area contributed by atoms with Gasteiger partial charge in [-0.3, -0.25) is 0 Å². The van der Waals surface area contributed by atoms with E-state index in [0.29, 0.717) is 17.2 Å². The van der Waals surface area contributed by atoms with Crippen molar-refractivity contribution < 1.29 is 23.4 Å². The molecule has 2 heterocycles. The third-order valence-corrected chi connectivity index (χ3v) is 4.29. The molecule has 0 spiro atoms. The fourth-order valence-electron chi connectivity index (χ4n) is 2.85. The summed E-state index contributed by atoms with van der Waals surface area (Å²) in [6.45, 7) is 1.66. The molecule has 1 atom stereocenters. The predicted molar refractivity (Wildman–Crippen MR) is 109 cm³/mol. The second-order valence-corrected chi connectivity index (χ2v) is 6.96. The van der Waals surface area contributed by atoms with E-state index in [-0.39, 0.29) is 19.1 Å². The van der Waals surface area contributed by atoms with Gasteiger partial charge in [-0.15, -0.1) is 0 Å². The van der Waals surface area contributed by atoms with Crippen LogP contribution in [0.1, 0.15) is 11.3 Å². The summed E-state index contributed by atoms with van der Waals surface area (Å²) in [5.41, 5.74) is 1.79. The standard InChI is InChI=1S/C20H21F3N6O2/c1-12-5-13(14-8-25-19(26-9-14)29(2)10-16(31)11-30)7-15(6-12)27-18-24-4-3-17(28-18)20(21,22)23/h3-9,16,30-31H,10-11H2,1-2H3,(H,24,27,28). The van der Waals surface area contributed by atoms with Crippen molar-refractivity contribution >= 4 is 17.6 Å². The van der Waals surface area contributed by atoms with Gasteiger partial charge in [-0.05, 0) is 36.2 Å². The largest absolute Gasteiger partial charge is 0.433 e. The smallest absolute Gasteiger partial charge is 0.394 e. The lowest BCUT2D eigenvalue weighted by atomic mass is 10.1. The number of aromatic nitrogens is 4. The van der Waals surface area contributed by atoms with Gasteiger partial charge >= 0.3 is 6.18 Å². The number of likely N-dealkylation sites (N-methyl/N-ethyl adjacent to an activating group) is 1. The van der Waals surface area contributed by atoms with E-state index in [1.54, 1.807) is 36.5 Å². The quantitative estimate of drug-likeness (QED) is 0.521. The van der Waals surface area contributed by atoms with E-state index in [4.69, 9.17) is 5.11 Å². The van der Waals surface area contributed by atoms with Crippen LogP contribution in [0.4, 0.5) is 30.8 Å². The van der Waals surface area contributed by atoms with Crippen LogP contribution < -0.4 is 10.2 Å². The summed E-state index contributed by atoms with van der Waals surface area (Å²) in [6.07, 6.45) is -1.22. The number of rotatable bonds is 7. The van der Waals surface area contributed by atoms with Crippen LogP contribution in [0.25, 0.3) is 11.1 Å². The Balaban J connectivity index is 1.81. The Morgan fingerprint density at radius 3 is 2.45 bits per heavy atom. The van der Waals surface area contributed by atoms with Crippen molar-refractivity contribution in [1.82, 2.24) is 19.9 Å². The van der Waals surface area contributed by atoms with E-state index in [2.05, 4.69) is 25.3 Å². The Morgan fingerprint density at radius 2 is 1.81 bits per heavy atom. The molecular weight excluding hydrogens is 413 g/mol. The van der Waals surface area contributed by atoms with Gasteiger partial charge in [-0.2, -0.15) is 13.2 Å². The molecule has 164 valence electrons. The number of hydrogen-bond donors (Lipinski definition) is 3. The van der Waals surface area contributed by atoms with Crippen molar-refractivity contribution in [1.29, 1.82) is 0 Å². The van der Waals surface area contributed by atoms with E-state index in [9.17, 15) is 18.3 Å². The number of hydrogen-bond acceptors (Lipinski definition) is 8. The fraction of sp³-hybridized carbons (Fsp3) is 0.300. The van der Waals surface area contributed by atoms with E-state index in [1.807, 2.05) is 13.0 Å². The molecule has 0 bridgehead atoms. The van der Waals surface area contributed by atoms with E-state index >= 15 is 0 Å². The lowest BCUT2D eigenvalue weighted by Crippen LogP contribution is -2.32. The first-order valence-electron chi connectivity index (χ1n) is 9.27. The third kappa shape index (κ3) is 5.86. The van der Waals surface area contributed by atoms with Crippen LogP contribution in [-0.2, 0) is 6.18 Å². The number of nitrogens with zero attached hydrogens (tertiary/aromatic N) is 5. The average Bonchev–Trinajstić information content (AvgIpc) is 2.73. The highest BCUT2D eigenvalue weighted by Crippen LogP contribution is 2.29. The first kappa shape index (κ1) is 22.4. The second-order valence-electron chi connectivity index (χ2n) is 6.96. The van der Waals surface area contributed by atoms with Gasteiger partial charge in [-0.25, -0.2) is 19.9 Å². The molecule has 0 radical (unpaired) electrons. The highest BCUT2D eigenvalue weighted by molar-refractivity contribution is 5.70. The number of anilines is 3. The monoisotopic (exact) mass is 434 g/mol. The summed E-state index contributed by atoms with van der Waals surface area (Å²) in [5, 5.41) is 21.3. The van der Waals surface area contributed by atoms with Gasteiger partial charge in [0.2, 0.25) is 11.9 Å². The maximum Gasteiger partial charge on any atom is 0.433 e. The summed E-state index contributed by atoms with van der Waals surface area (Å²) >= 11 is 0. The second kappa shape index (κ2) is 9.23. The highest BCUT2D eigenvalue weighted by Gasteiger charge is 2.32. The van der Waals surface area contributed by atoms with E-state index in [0.717, 1.165) is 23.4 Å². The molecular formula is C20H21F3N6O2. The Morgan fingerprint density at radius 1 is 1.10 bits per heavy atom. The Bertz CT molecular complexity index is 1030. The maximum absolute atomic E-state index is 12.9. The van der Waals surface area contributed by atoms with Crippen molar-refractivity contribution in [3.63, 3.8) is 0 Å². The highest BCUT2D eigenvalue weighted by atomic mass is 19.4. The Labute approximate surface area is 176 Å². The van der Waals surface area contributed by atoms with Crippen molar-refractivity contribution in [2.24, 2.45) is 0 Å². The minimum atomic E-state index is -4.56. The van der Waals surface area contributed by atoms with Gasteiger partial charge in [0.1, 0.15) is 5.69 Å². The number of benzene rings is 1. The van der Waals surface area contributed by atoms with Gasteiger partial charge in [0.15, 0.2) is 0 Å². The summed E-state index contributed by atoms with van der Waals surface area (Å²) in [7, 11) is 1.69. The first-order chi connectivity index (χ1) is 14.7. The van der Waals surface area contributed by atoms with Crippen molar-refractivity contribution in [3.05, 3.63) is 54.1 Å². The van der Waals surface area contributed by atoms with E-state index in [1.165, 1.54) is 0 Å². The Hall–Kier alpha value is -3.31. The van der Waals surface area contributed by atoms with Crippen LogP contribution in [0, 0.1) is 6.92 Å². The lowest BCUT2D eigenvalue weighted by Gasteiger charge is -2.19. The normalized spacial score (nSPS) is 12.5. The van der Waals surface area contributed by atoms with Crippen LogP contribution in [0.2, 0.25) is 0 Å². The first-order valence-corrected chi connectivity index (χ1v) is 9.27. The molecule has 0 aliphatic rings. The van der Waals surface area contributed by atoms with Gasteiger partial charge in [0, 0.05) is 43.4 Å².